The highest BCUT2D eigenvalue weighted by Gasteiger charge is 2.33. The van der Waals surface area contributed by atoms with Gasteiger partial charge in [0.25, 0.3) is 11.8 Å². The van der Waals surface area contributed by atoms with Crippen LogP contribution in [0.25, 0.3) is 0 Å². The maximum absolute atomic E-state index is 13.2. The Hall–Kier alpha value is -2.39. The zero-order valence-electron chi connectivity index (χ0n) is 19.2. The van der Waals surface area contributed by atoms with Gasteiger partial charge in [-0.3, -0.25) is 9.59 Å². The number of fused-ring (bicyclic) bond motifs is 1. The lowest BCUT2D eigenvalue weighted by Gasteiger charge is -2.19. The number of rotatable bonds is 6. The zero-order chi connectivity index (χ0) is 23.8. The van der Waals surface area contributed by atoms with Crippen molar-refractivity contribution in [1.29, 1.82) is 0 Å². The zero-order valence-corrected chi connectivity index (χ0v) is 20.8. The van der Waals surface area contributed by atoms with Gasteiger partial charge in [0.05, 0.1) is 17.1 Å². The van der Waals surface area contributed by atoms with Gasteiger partial charge < -0.3 is 15.4 Å². The van der Waals surface area contributed by atoms with E-state index in [-0.39, 0.29) is 29.9 Å². The number of sulfone groups is 1. The van der Waals surface area contributed by atoms with Crippen LogP contribution in [0.4, 0.5) is 5.00 Å². The molecule has 2 N–H and O–H groups in total. The van der Waals surface area contributed by atoms with E-state index in [1.165, 1.54) is 11.3 Å². The standard InChI is InChI=1S/C24H30N2O5S2/c1-14-4-7-19-20(10-14)32-24(22(19)23(28)25-17-8-9-33(29,30)13-17)26-21(27)12-31-18-6-5-15(2)16(3)11-18/h5-6,11,14,17H,4,7-10,12-13H2,1-3H3,(H,25,28)(H,26,27). The molecule has 1 aromatic carbocycles. The quantitative estimate of drug-likeness (QED) is 0.646. The normalized spacial score (nSPS) is 21.3. The van der Waals surface area contributed by atoms with Gasteiger partial charge in [-0.25, -0.2) is 8.42 Å². The Morgan fingerprint density at radius 2 is 1.97 bits per heavy atom. The number of ether oxygens (including phenoxy) is 1. The maximum atomic E-state index is 13.2. The number of aryl methyl sites for hydroxylation is 2. The van der Waals surface area contributed by atoms with Crippen LogP contribution in [0.2, 0.25) is 0 Å². The summed E-state index contributed by atoms with van der Waals surface area (Å²) in [5.41, 5.74) is 3.68. The summed E-state index contributed by atoms with van der Waals surface area (Å²) >= 11 is 1.44. The minimum atomic E-state index is -3.10. The van der Waals surface area contributed by atoms with Gasteiger partial charge in [-0.2, -0.15) is 0 Å². The Kier molecular flexibility index (Phi) is 6.81. The third-order valence-electron chi connectivity index (χ3n) is 6.41. The summed E-state index contributed by atoms with van der Waals surface area (Å²) in [4.78, 5) is 27.0. The third-order valence-corrected chi connectivity index (χ3v) is 9.35. The SMILES string of the molecule is Cc1ccc(OCC(=O)Nc2sc3c(c2C(=O)NC2CCS(=O)(=O)C2)CCC(C)C3)cc1C. The number of nitrogens with one attached hydrogen (secondary N) is 2. The predicted molar refractivity (Wildman–Crippen MR) is 130 cm³/mol. The summed E-state index contributed by atoms with van der Waals surface area (Å²) in [6.45, 7) is 6.02. The smallest absolute Gasteiger partial charge is 0.262 e. The molecule has 1 aromatic heterocycles. The molecule has 0 spiro atoms. The Labute approximate surface area is 198 Å². The van der Waals surface area contributed by atoms with Gasteiger partial charge in [-0.1, -0.05) is 13.0 Å². The second kappa shape index (κ2) is 9.46. The topological polar surface area (TPSA) is 102 Å². The molecule has 2 aliphatic rings. The van der Waals surface area contributed by atoms with Gasteiger partial charge in [0, 0.05) is 10.9 Å². The third kappa shape index (κ3) is 5.58. The number of amides is 2. The van der Waals surface area contributed by atoms with Crippen LogP contribution in [0.5, 0.6) is 5.75 Å². The van der Waals surface area contributed by atoms with E-state index >= 15 is 0 Å². The first-order valence-electron chi connectivity index (χ1n) is 11.3. The number of hydrogen-bond donors (Lipinski definition) is 2. The van der Waals surface area contributed by atoms with Gasteiger partial charge in [0.2, 0.25) is 0 Å². The summed E-state index contributed by atoms with van der Waals surface area (Å²) in [5, 5.41) is 6.28. The lowest BCUT2D eigenvalue weighted by atomic mass is 9.88. The van der Waals surface area contributed by atoms with E-state index in [0.29, 0.717) is 28.7 Å². The molecule has 1 aliphatic carbocycles. The molecule has 7 nitrogen and oxygen atoms in total. The summed E-state index contributed by atoms with van der Waals surface area (Å²) < 4.78 is 29.2. The number of hydrogen-bond acceptors (Lipinski definition) is 6. The van der Waals surface area contributed by atoms with Gasteiger partial charge in [0.1, 0.15) is 10.8 Å². The molecular weight excluding hydrogens is 460 g/mol. The van der Waals surface area contributed by atoms with E-state index in [0.717, 1.165) is 40.8 Å². The van der Waals surface area contributed by atoms with E-state index < -0.39 is 15.9 Å². The molecule has 33 heavy (non-hydrogen) atoms. The molecule has 2 heterocycles. The van der Waals surface area contributed by atoms with Crippen molar-refractivity contribution in [2.75, 3.05) is 23.4 Å². The first-order valence-corrected chi connectivity index (χ1v) is 13.9. The fourth-order valence-corrected chi connectivity index (χ4v) is 7.46. The summed E-state index contributed by atoms with van der Waals surface area (Å²) in [6.07, 6.45) is 3.04. The van der Waals surface area contributed by atoms with Crippen molar-refractivity contribution in [2.24, 2.45) is 5.92 Å². The van der Waals surface area contributed by atoms with E-state index in [4.69, 9.17) is 4.74 Å². The van der Waals surface area contributed by atoms with Crippen LogP contribution < -0.4 is 15.4 Å². The number of thiophene rings is 1. The van der Waals surface area contributed by atoms with Crippen molar-refractivity contribution in [2.45, 2.75) is 52.5 Å². The molecule has 0 bridgehead atoms. The van der Waals surface area contributed by atoms with Gasteiger partial charge in [-0.15, -0.1) is 11.3 Å². The molecule has 2 atom stereocenters. The van der Waals surface area contributed by atoms with Crippen molar-refractivity contribution >= 4 is 38.0 Å². The Bertz CT molecular complexity index is 1190. The number of anilines is 1. The van der Waals surface area contributed by atoms with Gasteiger partial charge in [0.15, 0.2) is 16.4 Å². The van der Waals surface area contributed by atoms with E-state index in [2.05, 4.69) is 17.6 Å². The first kappa shape index (κ1) is 23.8. The molecule has 0 saturated carbocycles. The second-order valence-electron chi connectivity index (χ2n) is 9.21. The highest BCUT2D eigenvalue weighted by atomic mass is 32.2. The molecule has 1 aliphatic heterocycles. The largest absolute Gasteiger partial charge is 0.484 e. The Morgan fingerprint density at radius 3 is 2.67 bits per heavy atom. The van der Waals surface area contributed by atoms with Crippen molar-refractivity contribution in [3.8, 4) is 5.75 Å². The van der Waals surface area contributed by atoms with Crippen LogP contribution in [0.3, 0.4) is 0 Å². The molecular formula is C24H30N2O5S2. The van der Waals surface area contributed by atoms with E-state index in [1.54, 1.807) is 0 Å². The summed E-state index contributed by atoms with van der Waals surface area (Å²) in [6, 6.07) is 5.28. The van der Waals surface area contributed by atoms with Crippen LogP contribution in [-0.4, -0.2) is 44.4 Å². The lowest BCUT2D eigenvalue weighted by Crippen LogP contribution is -2.36. The Balaban J connectivity index is 1.50. The van der Waals surface area contributed by atoms with Crippen LogP contribution in [0.1, 0.15) is 51.7 Å². The minimum absolute atomic E-state index is 0.0341. The molecule has 4 rings (SSSR count). The van der Waals surface area contributed by atoms with Crippen LogP contribution in [0.15, 0.2) is 18.2 Å². The Morgan fingerprint density at radius 1 is 1.18 bits per heavy atom. The fraction of sp³-hybridized carbons (Fsp3) is 0.500. The van der Waals surface area contributed by atoms with Crippen LogP contribution >= 0.6 is 11.3 Å². The molecule has 1 saturated heterocycles. The summed E-state index contributed by atoms with van der Waals surface area (Å²) in [7, 11) is -3.10. The second-order valence-corrected chi connectivity index (χ2v) is 12.5. The number of benzene rings is 1. The van der Waals surface area contributed by atoms with Crippen LogP contribution in [-0.2, 0) is 27.5 Å². The van der Waals surface area contributed by atoms with Crippen molar-refractivity contribution < 1.29 is 22.7 Å². The average Bonchev–Trinajstić information content (AvgIpc) is 3.26. The monoisotopic (exact) mass is 490 g/mol. The highest BCUT2D eigenvalue weighted by Crippen LogP contribution is 2.39. The van der Waals surface area contributed by atoms with Crippen LogP contribution in [0, 0.1) is 19.8 Å². The van der Waals surface area contributed by atoms with Gasteiger partial charge in [-0.05, 0) is 74.3 Å². The summed E-state index contributed by atoms with van der Waals surface area (Å²) in [5.74, 6) is 0.549. The first-order chi connectivity index (χ1) is 15.6. The molecule has 2 amide bonds. The fourth-order valence-electron chi connectivity index (χ4n) is 4.36. The maximum Gasteiger partial charge on any atom is 0.262 e. The molecule has 178 valence electrons. The van der Waals surface area contributed by atoms with Crippen molar-refractivity contribution in [3.05, 3.63) is 45.3 Å². The number of carbonyl (C=O) groups excluding carboxylic acids is 2. The van der Waals surface area contributed by atoms with Crippen molar-refractivity contribution in [1.82, 2.24) is 5.32 Å². The molecule has 1 fully saturated rings. The highest BCUT2D eigenvalue weighted by molar-refractivity contribution is 7.91. The lowest BCUT2D eigenvalue weighted by molar-refractivity contribution is -0.118. The van der Waals surface area contributed by atoms with E-state index in [9.17, 15) is 18.0 Å². The average molecular weight is 491 g/mol. The van der Waals surface area contributed by atoms with Crippen molar-refractivity contribution in [3.63, 3.8) is 0 Å². The van der Waals surface area contributed by atoms with Gasteiger partial charge >= 0.3 is 0 Å². The van der Waals surface area contributed by atoms with E-state index in [1.807, 2.05) is 32.0 Å². The predicted octanol–water partition coefficient (Wildman–Crippen LogP) is 3.42. The molecule has 0 radical (unpaired) electrons. The number of carbonyl (C=O) groups is 2. The minimum Gasteiger partial charge on any atom is -0.484 e. The molecule has 9 heteroatoms. The molecule has 2 aromatic rings. The molecule has 2 unspecified atom stereocenters.